The highest BCUT2D eigenvalue weighted by molar-refractivity contribution is 9.08. The van der Waals surface area contributed by atoms with Crippen molar-refractivity contribution in [3.8, 4) is 0 Å². The molecule has 0 aromatic heterocycles. The molecule has 78 valence electrons. The van der Waals surface area contributed by atoms with E-state index < -0.39 is 0 Å². The second-order valence-electron chi connectivity index (χ2n) is 3.04. The Kier molecular flexibility index (Phi) is 4.39. The largest absolute Gasteiger partial charge is 0.372 e. The molecule has 0 aliphatic carbocycles. The van der Waals surface area contributed by atoms with Gasteiger partial charge in [-0.2, -0.15) is 0 Å². The summed E-state index contributed by atoms with van der Waals surface area (Å²) in [5, 5.41) is 0.561. The molecule has 0 radical (unpaired) electrons. The molecule has 1 aromatic carbocycles. The highest BCUT2D eigenvalue weighted by Crippen LogP contribution is 2.25. The van der Waals surface area contributed by atoms with Crippen molar-refractivity contribution in [1.82, 2.24) is 0 Å². The van der Waals surface area contributed by atoms with Gasteiger partial charge in [0.2, 0.25) is 0 Å². The second-order valence-corrected chi connectivity index (χ2v) is 3.60. The van der Waals surface area contributed by atoms with Crippen LogP contribution in [0.15, 0.2) is 18.2 Å². The molecule has 0 heterocycles. The minimum absolute atomic E-state index is 0.133. The van der Waals surface area contributed by atoms with E-state index >= 15 is 0 Å². The lowest BCUT2D eigenvalue weighted by Gasteiger charge is -2.23. The third-order valence-corrected chi connectivity index (χ3v) is 2.89. The minimum atomic E-state index is -0.133. The van der Waals surface area contributed by atoms with Crippen LogP contribution >= 0.6 is 15.9 Å². The van der Waals surface area contributed by atoms with E-state index in [1.54, 1.807) is 6.07 Å². The maximum Gasteiger partial charge on any atom is 0.129 e. The molecule has 0 atom stereocenters. The van der Waals surface area contributed by atoms with E-state index in [1.807, 2.05) is 6.07 Å². The summed E-state index contributed by atoms with van der Waals surface area (Å²) >= 11 is 3.32. The number of nitrogens with zero attached hydrogens (tertiary/aromatic N) is 1. The molecule has 0 amide bonds. The number of alkyl halides is 1. The van der Waals surface area contributed by atoms with Gasteiger partial charge in [-0.05, 0) is 26.0 Å². The molecule has 0 aliphatic rings. The number of hydrogen-bond donors (Lipinski definition) is 0. The Morgan fingerprint density at radius 3 is 2.43 bits per heavy atom. The lowest BCUT2D eigenvalue weighted by atomic mass is 10.1. The van der Waals surface area contributed by atoms with Crippen LogP contribution in [0.3, 0.4) is 0 Å². The van der Waals surface area contributed by atoms with Crippen molar-refractivity contribution in [1.29, 1.82) is 0 Å². The maximum atomic E-state index is 13.4. The van der Waals surface area contributed by atoms with Crippen LogP contribution in [0, 0.1) is 5.82 Å². The van der Waals surface area contributed by atoms with Gasteiger partial charge in [-0.3, -0.25) is 0 Å². The average Bonchev–Trinajstić information content (AvgIpc) is 2.20. The first-order valence-corrected chi connectivity index (χ1v) is 5.95. The second kappa shape index (κ2) is 5.35. The zero-order valence-corrected chi connectivity index (χ0v) is 10.1. The molecule has 1 aromatic rings. The van der Waals surface area contributed by atoms with Gasteiger partial charge < -0.3 is 4.90 Å². The van der Waals surface area contributed by atoms with Crippen LogP contribution in [0.5, 0.6) is 0 Å². The predicted molar refractivity (Wildman–Crippen MR) is 62.6 cm³/mol. The standard InChI is InChI=1S/C11H15BrFN/c1-3-14(4-2)11-7-5-6-10(13)9(11)8-12/h5-7H,3-4,8H2,1-2H3. The fourth-order valence-electron chi connectivity index (χ4n) is 1.54. The fourth-order valence-corrected chi connectivity index (χ4v) is 2.10. The van der Waals surface area contributed by atoms with Gasteiger partial charge in [0.25, 0.3) is 0 Å². The molecule has 14 heavy (non-hydrogen) atoms. The van der Waals surface area contributed by atoms with Gasteiger partial charge >= 0.3 is 0 Å². The normalized spacial score (nSPS) is 10.3. The Bertz CT molecular complexity index is 297. The third kappa shape index (κ3) is 2.27. The Hall–Kier alpha value is -0.570. The molecular formula is C11H15BrFN. The van der Waals surface area contributed by atoms with Gasteiger partial charge in [0, 0.05) is 29.7 Å². The molecular weight excluding hydrogens is 245 g/mol. The van der Waals surface area contributed by atoms with E-state index in [-0.39, 0.29) is 5.82 Å². The molecule has 0 aliphatic heterocycles. The van der Waals surface area contributed by atoms with Crippen molar-refractivity contribution in [3.05, 3.63) is 29.6 Å². The summed E-state index contributed by atoms with van der Waals surface area (Å²) in [5.41, 5.74) is 1.74. The first-order chi connectivity index (χ1) is 6.74. The van der Waals surface area contributed by atoms with Gasteiger partial charge in [0.05, 0.1) is 0 Å². The van der Waals surface area contributed by atoms with E-state index in [9.17, 15) is 4.39 Å². The summed E-state index contributed by atoms with van der Waals surface area (Å²) in [4.78, 5) is 2.15. The van der Waals surface area contributed by atoms with Gasteiger partial charge in [-0.1, -0.05) is 22.0 Å². The Labute approximate surface area is 93.0 Å². The third-order valence-electron chi connectivity index (χ3n) is 2.33. The van der Waals surface area contributed by atoms with E-state index in [0.717, 1.165) is 24.3 Å². The van der Waals surface area contributed by atoms with Crippen molar-refractivity contribution in [2.24, 2.45) is 0 Å². The summed E-state index contributed by atoms with van der Waals surface area (Å²) < 4.78 is 13.4. The number of halogens is 2. The molecule has 0 unspecified atom stereocenters. The van der Waals surface area contributed by atoms with Crippen LogP contribution in [-0.2, 0) is 5.33 Å². The number of hydrogen-bond acceptors (Lipinski definition) is 1. The van der Waals surface area contributed by atoms with Gasteiger partial charge in [-0.25, -0.2) is 4.39 Å². The zero-order valence-electron chi connectivity index (χ0n) is 8.56. The van der Waals surface area contributed by atoms with Crippen LogP contribution in [0.25, 0.3) is 0 Å². The molecule has 0 N–H and O–H groups in total. The van der Waals surface area contributed by atoms with Crippen LogP contribution < -0.4 is 4.90 Å². The summed E-state index contributed by atoms with van der Waals surface area (Å²) in [6.07, 6.45) is 0. The summed E-state index contributed by atoms with van der Waals surface area (Å²) in [7, 11) is 0. The molecule has 0 spiro atoms. The Balaban J connectivity index is 3.11. The number of benzene rings is 1. The van der Waals surface area contributed by atoms with E-state index in [4.69, 9.17) is 0 Å². The highest BCUT2D eigenvalue weighted by atomic mass is 79.9. The molecule has 0 saturated carbocycles. The molecule has 3 heteroatoms. The van der Waals surface area contributed by atoms with Crippen molar-refractivity contribution < 1.29 is 4.39 Å². The summed E-state index contributed by atoms with van der Waals surface area (Å²) in [5.74, 6) is -0.133. The minimum Gasteiger partial charge on any atom is -0.372 e. The Morgan fingerprint density at radius 2 is 1.93 bits per heavy atom. The highest BCUT2D eigenvalue weighted by Gasteiger charge is 2.10. The summed E-state index contributed by atoms with van der Waals surface area (Å²) in [6.45, 7) is 5.96. The van der Waals surface area contributed by atoms with Crippen molar-refractivity contribution in [3.63, 3.8) is 0 Å². The number of anilines is 1. The number of rotatable bonds is 4. The average molecular weight is 260 g/mol. The van der Waals surface area contributed by atoms with Crippen molar-refractivity contribution in [2.45, 2.75) is 19.2 Å². The monoisotopic (exact) mass is 259 g/mol. The molecule has 1 nitrogen and oxygen atoms in total. The van der Waals surface area contributed by atoms with E-state index in [0.29, 0.717) is 5.33 Å². The topological polar surface area (TPSA) is 3.24 Å². The van der Waals surface area contributed by atoms with Gasteiger partial charge in [0.1, 0.15) is 5.82 Å². The molecule has 0 bridgehead atoms. The molecule has 1 rings (SSSR count). The van der Waals surface area contributed by atoms with Crippen molar-refractivity contribution in [2.75, 3.05) is 18.0 Å². The van der Waals surface area contributed by atoms with Crippen LogP contribution in [-0.4, -0.2) is 13.1 Å². The summed E-state index contributed by atoms with van der Waals surface area (Å²) in [6, 6.07) is 5.23. The van der Waals surface area contributed by atoms with Gasteiger partial charge in [-0.15, -0.1) is 0 Å². The van der Waals surface area contributed by atoms with E-state index in [2.05, 4.69) is 34.7 Å². The molecule has 0 fully saturated rings. The van der Waals surface area contributed by atoms with Gasteiger partial charge in [0.15, 0.2) is 0 Å². The smallest absolute Gasteiger partial charge is 0.129 e. The Morgan fingerprint density at radius 1 is 1.29 bits per heavy atom. The quantitative estimate of drug-likeness (QED) is 0.748. The van der Waals surface area contributed by atoms with Crippen LogP contribution in [0.4, 0.5) is 10.1 Å². The van der Waals surface area contributed by atoms with Crippen LogP contribution in [0.1, 0.15) is 19.4 Å². The van der Waals surface area contributed by atoms with Crippen LogP contribution in [0.2, 0.25) is 0 Å². The first kappa shape index (κ1) is 11.5. The maximum absolute atomic E-state index is 13.4. The molecule has 0 saturated heterocycles. The zero-order chi connectivity index (χ0) is 10.6. The first-order valence-electron chi connectivity index (χ1n) is 4.82. The lowest BCUT2D eigenvalue weighted by Crippen LogP contribution is -2.23. The fraction of sp³-hybridized carbons (Fsp3) is 0.455. The van der Waals surface area contributed by atoms with Crippen molar-refractivity contribution >= 4 is 21.6 Å². The predicted octanol–water partition coefficient (Wildman–Crippen LogP) is 3.57. The SMILES string of the molecule is CCN(CC)c1cccc(F)c1CBr. The lowest BCUT2D eigenvalue weighted by molar-refractivity contribution is 0.616. The van der Waals surface area contributed by atoms with E-state index in [1.165, 1.54) is 6.07 Å².